The number of hydrogen-bond acceptors (Lipinski definition) is 1. The van der Waals surface area contributed by atoms with E-state index in [0.29, 0.717) is 35.5 Å². The molecule has 0 N–H and O–H groups in total. The number of hydrogen-bond donors (Lipinski definition) is 0. The highest BCUT2D eigenvalue weighted by Crippen LogP contribution is 2.53. The zero-order valence-electron chi connectivity index (χ0n) is 30.1. The Bertz CT molecular complexity index is 2540. The van der Waals surface area contributed by atoms with Crippen LogP contribution in [0.1, 0.15) is 72.8 Å². The van der Waals surface area contributed by atoms with Crippen molar-refractivity contribution >= 4 is 33.4 Å². The molecule has 7 aliphatic rings. The molecule has 0 fully saturated rings. The average Bonchev–Trinajstić information content (AvgIpc) is 3.61. The van der Waals surface area contributed by atoms with Crippen molar-refractivity contribution in [3.8, 4) is 0 Å². The molecule has 53 heavy (non-hydrogen) atoms. The third kappa shape index (κ3) is 5.19. The summed E-state index contributed by atoms with van der Waals surface area (Å²) in [5.41, 5.74) is 14.2. The Morgan fingerprint density at radius 2 is 1.58 bits per heavy atom. The van der Waals surface area contributed by atoms with Crippen molar-refractivity contribution in [2.24, 2.45) is 23.7 Å². The maximum atomic E-state index is 6.43. The van der Waals surface area contributed by atoms with Gasteiger partial charge in [0.1, 0.15) is 11.3 Å². The molecule has 4 aromatic rings. The van der Waals surface area contributed by atoms with E-state index < -0.39 is 0 Å². The maximum absolute atomic E-state index is 6.43. The second-order valence-electron chi connectivity index (χ2n) is 16.0. The molecule has 0 aliphatic heterocycles. The van der Waals surface area contributed by atoms with E-state index in [1.165, 1.54) is 61.6 Å². The standard InChI is InChI=1S/C52H44O/c1-2-13-35-29-38(24-23-33(35)11-1)36-14-9-16-40(30-36)50-43-19-5-7-21-45(43)51(46-22-8-6-20-44(46)50)41-17-10-15-37(31-41)39-26-27-48-47(32-39)52-42-18-4-3-12-34(42)25-28-49(52)53-48/h1-3,5-7,9-13,15-16,19-21,23-32,34,36,41-43,50H,4,8,14,17-18,22H2. The largest absolute Gasteiger partial charge is 0.456 e. The molecule has 6 unspecified atom stereocenters. The van der Waals surface area contributed by atoms with Gasteiger partial charge in [-0.2, -0.15) is 0 Å². The highest BCUT2D eigenvalue weighted by atomic mass is 16.3. The van der Waals surface area contributed by atoms with Crippen molar-refractivity contribution in [3.05, 3.63) is 202 Å². The van der Waals surface area contributed by atoms with E-state index in [1.54, 1.807) is 11.1 Å². The zero-order chi connectivity index (χ0) is 34.9. The highest BCUT2D eigenvalue weighted by molar-refractivity contribution is 5.91. The molecular weight excluding hydrogens is 641 g/mol. The summed E-state index contributed by atoms with van der Waals surface area (Å²) in [6, 6.07) is 22.7. The SMILES string of the molecule is C1=CC2=C(C3C=C(c4ccc5oc6c(c5c4)C4CCC=CC4C=C6)C=CC3)C3=C(C=CCC3)C(C3=CC(c4ccc5ccccc5c4)CC=C3)C2C=C1. The molecule has 1 heteroatoms. The molecule has 258 valence electrons. The van der Waals surface area contributed by atoms with Crippen molar-refractivity contribution in [1.29, 1.82) is 0 Å². The fourth-order valence-corrected chi connectivity index (χ4v) is 10.6. The lowest BCUT2D eigenvalue weighted by atomic mass is 9.62. The van der Waals surface area contributed by atoms with Gasteiger partial charge in [-0.3, -0.25) is 0 Å². The fraction of sp³-hybridized carbons (Fsp3) is 0.231. The van der Waals surface area contributed by atoms with Crippen LogP contribution >= 0.6 is 0 Å². The van der Waals surface area contributed by atoms with Gasteiger partial charge in [0.25, 0.3) is 0 Å². The van der Waals surface area contributed by atoms with Crippen LogP contribution in [0.3, 0.4) is 0 Å². The van der Waals surface area contributed by atoms with Crippen molar-refractivity contribution in [1.82, 2.24) is 0 Å². The summed E-state index contributed by atoms with van der Waals surface area (Å²) in [5.74, 6) is 3.42. The Morgan fingerprint density at radius 3 is 2.57 bits per heavy atom. The van der Waals surface area contributed by atoms with E-state index in [0.717, 1.165) is 43.4 Å². The fourth-order valence-electron chi connectivity index (χ4n) is 10.6. The maximum Gasteiger partial charge on any atom is 0.135 e. The lowest BCUT2D eigenvalue weighted by Crippen LogP contribution is -2.29. The van der Waals surface area contributed by atoms with Gasteiger partial charge >= 0.3 is 0 Å². The van der Waals surface area contributed by atoms with Gasteiger partial charge in [-0.05, 0) is 118 Å². The van der Waals surface area contributed by atoms with Crippen LogP contribution in [-0.2, 0) is 0 Å². The molecule has 1 nitrogen and oxygen atoms in total. The Kier molecular flexibility index (Phi) is 7.42. The lowest BCUT2D eigenvalue weighted by molar-refractivity contribution is 0.506. The molecular formula is C52H44O. The average molecular weight is 685 g/mol. The number of benzene rings is 3. The van der Waals surface area contributed by atoms with Crippen LogP contribution in [0.5, 0.6) is 0 Å². The highest BCUT2D eigenvalue weighted by Gasteiger charge is 2.39. The van der Waals surface area contributed by atoms with E-state index in [-0.39, 0.29) is 0 Å². The number of rotatable bonds is 4. The molecule has 0 amide bonds. The lowest BCUT2D eigenvalue weighted by Gasteiger charge is -2.42. The van der Waals surface area contributed by atoms with Crippen LogP contribution in [0.2, 0.25) is 0 Å². The van der Waals surface area contributed by atoms with Crippen molar-refractivity contribution in [2.75, 3.05) is 0 Å². The molecule has 7 aliphatic carbocycles. The van der Waals surface area contributed by atoms with E-state index in [1.807, 2.05) is 0 Å². The van der Waals surface area contributed by atoms with Crippen LogP contribution in [-0.4, -0.2) is 0 Å². The molecule has 0 bridgehead atoms. The summed E-state index contributed by atoms with van der Waals surface area (Å²) in [5, 5.41) is 3.93. The zero-order valence-corrected chi connectivity index (χ0v) is 30.1. The van der Waals surface area contributed by atoms with Gasteiger partial charge in [0.15, 0.2) is 0 Å². The topological polar surface area (TPSA) is 13.1 Å². The number of furan rings is 1. The summed E-state index contributed by atoms with van der Waals surface area (Å²) >= 11 is 0. The number of allylic oxidation sites excluding steroid dienone is 21. The van der Waals surface area contributed by atoms with E-state index in [2.05, 4.69) is 158 Å². The van der Waals surface area contributed by atoms with E-state index in [4.69, 9.17) is 4.42 Å². The second kappa shape index (κ2) is 12.6. The van der Waals surface area contributed by atoms with Crippen LogP contribution in [0.4, 0.5) is 0 Å². The normalized spacial score (nSPS) is 28.2. The molecule has 0 radical (unpaired) electrons. The predicted octanol–water partition coefficient (Wildman–Crippen LogP) is 13.6. The molecule has 1 heterocycles. The third-order valence-corrected chi connectivity index (χ3v) is 13.1. The van der Waals surface area contributed by atoms with Crippen LogP contribution in [0.15, 0.2) is 184 Å². The van der Waals surface area contributed by atoms with Gasteiger partial charge in [-0.1, -0.05) is 140 Å². The first kappa shape index (κ1) is 31.2. The minimum absolute atomic E-state index is 0.324. The van der Waals surface area contributed by atoms with Gasteiger partial charge < -0.3 is 4.42 Å². The summed E-state index contributed by atoms with van der Waals surface area (Å²) in [6.07, 6.45) is 45.2. The summed E-state index contributed by atoms with van der Waals surface area (Å²) in [7, 11) is 0. The van der Waals surface area contributed by atoms with Crippen molar-refractivity contribution < 1.29 is 4.42 Å². The van der Waals surface area contributed by atoms with Crippen LogP contribution in [0, 0.1) is 23.7 Å². The molecule has 0 spiro atoms. The molecule has 0 saturated carbocycles. The minimum atomic E-state index is 0.324. The van der Waals surface area contributed by atoms with E-state index >= 15 is 0 Å². The Hall–Kier alpha value is -5.40. The third-order valence-electron chi connectivity index (χ3n) is 13.1. The first-order chi connectivity index (χ1) is 26.3. The monoisotopic (exact) mass is 684 g/mol. The van der Waals surface area contributed by atoms with Gasteiger partial charge in [0.2, 0.25) is 0 Å². The smallest absolute Gasteiger partial charge is 0.135 e. The first-order valence-electron chi connectivity index (χ1n) is 19.9. The predicted molar refractivity (Wildman–Crippen MR) is 221 cm³/mol. The molecule has 0 saturated heterocycles. The molecule has 6 atom stereocenters. The van der Waals surface area contributed by atoms with Crippen molar-refractivity contribution in [3.63, 3.8) is 0 Å². The summed E-state index contributed by atoms with van der Waals surface area (Å²) in [4.78, 5) is 0. The molecule has 1 aromatic heterocycles. The summed E-state index contributed by atoms with van der Waals surface area (Å²) < 4.78 is 6.43. The van der Waals surface area contributed by atoms with Crippen molar-refractivity contribution in [2.45, 2.75) is 50.4 Å². The molecule has 3 aromatic carbocycles. The second-order valence-corrected chi connectivity index (χ2v) is 16.0. The minimum Gasteiger partial charge on any atom is -0.456 e. The van der Waals surface area contributed by atoms with E-state index in [9.17, 15) is 0 Å². The van der Waals surface area contributed by atoms with Gasteiger partial charge in [0.05, 0.1) is 0 Å². The van der Waals surface area contributed by atoms with Crippen LogP contribution < -0.4 is 0 Å². The Morgan fingerprint density at radius 1 is 0.660 bits per heavy atom. The first-order valence-corrected chi connectivity index (χ1v) is 19.9. The molecule has 11 rings (SSSR count). The Balaban J connectivity index is 0.974. The van der Waals surface area contributed by atoms with Gasteiger partial charge in [0, 0.05) is 40.5 Å². The quantitative estimate of drug-likeness (QED) is 0.195. The summed E-state index contributed by atoms with van der Waals surface area (Å²) in [6.45, 7) is 0. The van der Waals surface area contributed by atoms with Crippen LogP contribution in [0.25, 0.3) is 33.4 Å². The van der Waals surface area contributed by atoms with Gasteiger partial charge in [-0.25, -0.2) is 0 Å². The van der Waals surface area contributed by atoms with Gasteiger partial charge in [-0.15, -0.1) is 0 Å². The Labute approximate surface area is 312 Å². The number of fused-ring (bicyclic) bond motifs is 7.